The topological polar surface area (TPSA) is 64.8 Å². The SMILES string of the molecule is COc1ccc(-c2cc(C3(C(=O)N4CCc5ccccc54)CC3)no2)cc1OC. The largest absolute Gasteiger partial charge is 0.493 e. The molecule has 6 heteroatoms. The second kappa shape index (κ2) is 6.65. The summed E-state index contributed by atoms with van der Waals surface area (Å²) >= 11 is 0. The van der Waals surface area contributed by atoms with E-state index in [1.165, 1.54) is 5.56 Å². The Kier molecular flexibility index (Phi) is 4.08. The van der Waals surface area contributed by atoms with Gasteiger partial charge in [-0.1, -0.05) is 23.4 Å². The third kappa shape index (κ3) is 2.78. The molecule has 148 valence electrons. The lowest BCUT2D eigenvalue weighted by molar-refractivity contribution is -0.121. The number of carbonyl (C=O) groups is 1. The van der Waals surface area contributed by atoms with Crippen LogP contribution in [-0.2, 0) is 16.6 Å². The molecule has 6 nitrogen and oxygen atoms in total. The highest BCUT2D eigenvalue weighted by Gasteiger charge is 2.56. The standard InChI is InChI=1S/C23H22N2O4/c1-27-18-8-7-16(13-20(18)28-2)19-14-21(24-29-19)23(10-11-23)22(26)25-12-9-15-5-3-4-6-17(15)25/h3-8,13-14H,9-12H2,1-2H3. The summed E-state index contributed by atoms with van der Waals surface area (Å²) in [7, 11) is 3.20. The van der Waals surface area contributed by atoms with E-state index in [0.717, 1.165) is 37.1 Å². The Morgan fingerprint density at radius 2 is 1.86 bits per heavy atom. The Hall–Kier alpha value is -3.28. The number of methoxy groups -OCH3 is 2. The van der Waals surface area contributed by atoms with Crippen molar-refractivity contribution < 1.29 is 18.8 Å². The summed E-state index contributed by atoms with van der Waals surface area (Å²) in [5.74, 6) is 2.00. The van der Waals surface area contributed by atoms with Gasteiger partial charge in [0.2, 0.25) is 5.91 Å². The van der Waals surface area contributed by atoms with Crippen LogP contribution in [0.4, 0.5) is 5.69 Å². The van der Waals surface area contributed by atoms with Gasteiger partial charge in [0.15, 0.2) is 17.3 Å². The molecule has 0 spiro atoms. The molecule has 0 saturated heterocycles. The number of hydrogen-bond donors (Lipinski definition) is 0. The molecule has 2 aromatic carbocycles. The fourth-order valence-corrected chi connectivity index (χ4v) is 4.14. The first kappa shape index (κ1) is 17.8. The van der Waals surface area contributed by atoms with Crippen LogP contribution < -0.4 is 14.4 Å². The maximum atomic E-state index is 13.4. The molecule has 0 bridgehead atoms. The summed E-state index contributed by atoms with van der Waals surface area (Å²) in [5.41, 5.74) is 3.21. The zero-order chi connectivity index (χ0) is 20.0. The molecule has 29 heavy (non-hydrogen) atoms. The van der Waals surface area contributed by atoms with Crippen LogP contribution in [0.25, 0.3) is 11.3 Å². The molecule has 3 aromatic rings. The van der Waals surface area contributed by atoms with E-state index in [2.05, 4.69) is 11.2 Å². The Morgan fingerprint density at radius 1 is 1.07 bits per heavy atom. The minimum absolute atomic E-state index is 0.120. The van der Waals surface area contributed by atoms with E-state index in [4.69, 9.17) is 14.0 Å². The van der Waals surface area contributed by atoms with E-state index in [1.54, 1.807) is 14.2 Å². The van der Waals surface area contributed by atoms with Gasteiger partial charge >= 0.3 is 0 Å². The van der Waals surface area contributed by atoms with Crippen molar-refractivity contribution in [2.75, 3.05) is 25.7 Å². The molecule has 2 heterocycles. The molecule has 2 aliphatic rings. The zero-order valence-corrected chi connectivity index (χ0v) is 16.5. The number of benzene rings is 2. The highest BCUT2D eigenvalue weighted by molar-refractivity contribution is 6.04. The number of fused-ring (bicyclic) bond motifs is 1. The van der Waals surface area contributed by atoms with Crippen LogP contribution >= 0.6 is 0 Å². The lowest BCUT2D eigenvalue weighted by Gasteiger charge is -2.22. The van der Waals surface area contributed by atoms with Crippen LogP contribution in [0.15, 0.2) is 53.1 Å². The van der Waals surface area contributed by atoms with Gasteiger partial charge in [-0.3, -0.25) is 4.79 Å². The zero-order valence-electron chi connectivity index (χ0n) is 16.5. The number of hydrogen-bond acceptors (Lipinski definition) is 5. The second-order valence-corrected chi connectivity index (χ2v) is 7.56. The normalized spacial score (nSPS) is 16.4. The van der Waals surface area contributed by atoms with Crippen molar-refractivity contribution in [1.82, 2.24) is 5.16 Å². The Morgan fingerprint density at radius 3 is 2.62 bits per heavy atom. The van der Waals surface area contributed by atoms with Crippen LogP contribution in [-0.4, -0.2) is 31.8 Å². The summed E-state index contributed by atoms with van der Waals surface area (Å²) in [6.45, 7) is 0.723. The predicted octanol–water partition coefficient (Wildman–Crippen LogP) is 3.98. The quantitative estimate of drug-likeness (QED) is 0.659. The third-order valence-electron chi connectivity index (χ3n) is 5.96. The number of para-hydroxylation sites is 1. The number of amides is 1. The average Bonchev–Trinajstić information content (AvgIpc) is 3.23. The molecular formula is C23H22N2O4. The lowest BCUT2D eigenvalue weighted by Crippen LogP contribution is -2.38. The van der Waals surface area contributed by atoms with Crippen molar-refractivity contribution in [1.29, 1.82) is 0 Å². The van der Waals surface area contributed by atoms with Crippen molar-refractivity contribution in [2.45, 2.75) is 24.7 Å². The number of rotatable bonds is 5. The molecule has 0 unspecified atom stereocenters. The summed E-state index contributed by atoms with van der Waals surface area (Å²) < 4.78 is 16.3. The van der Waals surface area contributed by atoms with Gasteiger partial charge in [-0.05, 0) is 49.1 Å². The van der Waals surface area contributed by atoms with Crippen LogP contribution in [0.5, 0.6) is 11.5 Å². The summed E-state index contributed by atoms with van der Waals surface area (Å²) in [6, 6.07) is 15.6. The molecule has 1 fully saturated rings. The van der Waals surface area contributed by atoms with Crippen molar-refractivity contribution in [2.24, 2.45) is 0 Å². The van der Waals surface area contributed by atoms with Gasteiger partial charge in [-0.2, -0.15) is 0 Å². The molecule has 1 aromatic heterocycles. The third-order valence-corrected chi connectivity index (χ3v) is 5.96. The summed E-state index contributed by atoms with van der Waals surface area (Å²) in [6.07, 6.45) is 2.48. The smallest absolute Gasteiger partial charge is 0.239 e. The Labute approximate surface area is 169 Å². The van der Waals surface area contributed by atoms with Gasteiger partial charge < -0.3 is 18.9 Å². The monoisotopic (exact) mass is 390 g/mol. The number of aromatic nitrogens is 1. The maximum absolute atomic E-state index is 13.4. The minimum Gasteiger partial charge on any atom is -0.493 e. The van der Waals surface area contributed by atoms with E-state index in [9.17, 15) is 4.79 Å². The van der Waals surface area contributed by atoms with Crippen LogP contribution in [0.1, 0.15) is 24.1 Å². The molecule has 0 radical (unpaired) electrons. The van der Waals surface area contributed by atoms with E-state index in [-0.39, 0.29) is 5.91 Å². The van der Waals surface area contributed by atoms with Gasteiger partial charge in [0, 0.05) is 23.9 Å². The first-order chi connectivity index (χ1) is 14.2. The maximum Gasteiger partial charge on any atom is 0.239 e. The summed E-state index contributed by atoms with van der Waals surface area (Å²) in [4.78, 5) is 15.3. The van der Waals surface area contributed by atoms with E-state index >= 15 is 0 Å². The highest BCUT2D eigenvalue weighted by atomic mass is 16.5. The van der Waals surface area contributed by atoms with Gasteiger partial charge in [-0.15, -0.1) is 0 Å². The van der Waals surface area contributed by atoms with Crippen molar-refractivity contribution in [3.8, 4) is 22.8 Å². The molecule has 1 aliphatic carbocycles. The molecule has 1 aliphatic heterocycles. The highest BCUT2D eigenvalue weighted by Crippen LogP contribution is 2.51. The Balaban J connectivity index is 1.44. The number of carbonyl (C=O) groups excluding carboxylic acids is 1. The molecule has 1 saturated carbocycles. The second-order valence-electron chi connectivity index (χ2n) is 7.56. The molecule has 0 atom stereocenters. The van der Waals surface area contributed by atoms with Gasteiger partial charge in [0.25, 0.3) is 0 Å². The first-order valence-electron chi connectivity index (χ1n) is 9.76. The first-order valence-corrected chi connectivity index (χ1v) is 9.76. The lowest BCUT2D eigenvalue weighted by atomic mass is 9.99. The molecule has 5 rings (SSSR count). The number of nitrogens with zero attached hydrogens (tertiary/aromatic N) is 2. The molecular weight excluding hydrogens is 368 g/mol. The van der Waals surface area contributed by atoms with E-state index < -0.39 is 5.41 Å². The van der Waals surface area contributed by atoms with Crippen LogP contribution in [0.3, 0.4) is 0 Å². The predicted molar refractivity (Wildman–Crippen MR) is 108 cm³/mol. The number of ether oxygens (including phenoxy) is 2. The van der Waals surface area contributed by atoms with Crippen LogP contribution in [0, 0.1) is 0 Å². The van der Waals surface area contributed by atoms with Crippen LogP contribution in [0.2, 0.25) is 0 Å². The average molecular weight is 390 g/mol. The Bertz CT molecular complexity index is 1080. The van der Waals surface area contributed by atoms with Crippen molar-refractivity contribution in [3.63, 3.8) is 0 Å². The number of anilines is 1. The van der Waals surface area contributed by atoms with Crippen molar-refractivity contribution >= 4 is 11.6 Å². The molecule has 0 N–H and O–H groups in total. The van der Waals surface area contributed by atoms with Gasteiger partial charge in [0.1, 0.15) is 0 Å². The molecule has 1 amide bonds. The van der Waals surface area contributed by atoms with Gasteiger partial charge in [0.05, 0.1) is 25.3 Å². The minimum atomic E-state index is -0.574. The van der Waals surface area contributed by atoms with E-state index in [0.29, 0.717) is 23.0 Å². The summed E-state index contributed by atoms with van der Waals surface area (Å²) in [5, 5.41) is 4.28. The van der Waals surface area contributed by atoms with Gasteiger partial charge in [-0.25, -0.2) is 0 Å². The van der Waals surface area contributed by atoms with E-state index in [1.807, 2.05) is 47.4 Å². The fraction of sp³-hybridized carbons (Fsp3) is 0.304. The fourth-order valence-electron chi connectivity index (χ4n) is 4.14. The van der Waals surface area contributed by atoms with Crippen molar-refractivity contribution in [3.05, 3.63) is 59.8 Å².